The SMILES string of the molecule is N#Cc1cc(N2CCCC2)ccc1C(=O)O. The summed E-state index contributed by atoms with van der Waals surface area (Å²) in [4.78, 5) is 13.0. The number of hydrogen-bond donors (Lipinski definition) is 1. The number of carbonyl (C=O) groups is 1. The molecule has 2 rings (SSSR count). The van der Waals surface area contributed by atoms with E-state index in [2.05, 4.69) is 4.90 Å². The molecule has 0 spiro atoms. The highest BCUT2D eigenvalue weighted by Crippen LogP contribution is 2.23. The van der Waals surface area contributed by atoms with E-state index in [4.69, 9.17) is 10.4 Å². The van der Waals surface area contributed by atoms with Crippen molar-refractivity contribution >= 4 is 11.7 Å². The fourth-order valence-electron chi connectivity index (χ4n) is 1.98. The monoisotopic (exact) mass is 216 g/mol. The van der Waals surface area contributed by atoms with Crippen molar-refractivity contribution in [2.45, 2.75) is 12.8 Å². The van der Waals surface area contributed by atoms with Crippen molar-refractivity contribution in [1.82, 2.24) is 0 Å². The van der Waals surface area contributed by atoms with Crippen molar-refractivity contribution in [3.8, 4) is 6.07 Å². The molecule has 4 nitrogen and oxygen atoms in total. The van der Waals surface area contributed by atoms with Crippen LogP contribution in [0.15, 0.2) is 18.2 Å². The lowest BCUT2D eigenvalue weighted by atomic mass is 10.1. The first kappa shape index (κ1) is 10.5. The third-order valence-electron chi connectivity index (χ3n) is 2.83. The van der Waals surface area contributed by atoms with Crippen LogP contribution >= 0.6 is 0 Å². The summed E-state index contributed by atoms with van der Waals surface area (Å²) in [6.07, 6.45) is 2.31. The predicted molar refractivity (Wildman–Crippen MR) is 59.6 cm³/mol. The predicted octanol–water partition coefficient (Wildman–Crippen LogP) is 1.86. The fraction of sp³-hybridized carbons (Fsp3) is 0.333. The highest BCUT2D eigenvalue weighted by Gasteiger charge is 2.15. The van der Waals surface area contributed by atoms with E-state index < -0.39 is 5.97 Å². The van der Waals surface area contributed by atoms with Gasteiger partial charge in [-0.15, -0.1) is 0 Å². The van der Waals surface area contributed by atoms with Gasteiger partial charge < -0.3 is 10.0 Å². The highest BCUT2D eigenvalue weighted by atomic mass is 16.4. The molecule has 1 N–H and O–H groups in total. The molecule has 0 radical (unpaired) electrons. The zero-order valence-corrected chi connectivity index (χ0v) is 8.81. The van der Waals surface area contributed by atoms with Crippen molar-refractivity contribution in [1.29, 1.82) is 5.26 Å². The van der Waals surface area contributed by atoms with Crippen LogP contribution in [0.3, 0.4) is 0 Å². The van der Waals surface area contributed by atoms with Crippen LogP contribution in [0.25, 0.3) is 0 Å². The lowest BCUT2D eigenvalue weighted by Gasteiger charge is -2.17. The number of nitriles is 1. The van der Waals surface area contributed by atoms with Crippen LogP contribution in [-0.2, 0) is 0 Å². The zero-order valence-electron chi connectivity index (χ0n) is 8.81. The molecule has 0 atom stereocenters. The van der Waals surface area contributed by atoms with E-state index in [1.54, 1.807) is 12.1 Å². The van der Waals surface area contributed by atoms with Gasteiger partial charge in [0.25, 0.3) is 0 Å². The standard InChI is InChI=1S/C12H12N2O2/c13-8-9-7-10(14-5-1-2-6-14)3-4-11(9)12(15)16/h3-4,7H,1-2,5-6H2,(H,15,16). The minimum Gasteiger partial charge on any atom is -0.478 e. The maximum Gasteiger partial charge on any atom is 0.337 e. The Morgan fingerprint density at radius 2 is 2.06 bits per heavy atom. The van der Waals surface area contributed by atoms with Crippen LogP contribution in [-0.4, -0.2) is 24.2 Å². The molecule has 0 saturated carbocycles. The lowest BCUT2D eigenvalue weighted by Crippen LogP contribution is -2.18. The molecular weight excluding hydrogens is 204 g/mol. The van der Waals surface area contributed by atoms with Gasteiger partial charge in [0, 0.05) is 18.8 Å². The van der Waals surface area contributed by atoms with Crippen LogP contribution in [0.1, 0.15) is 28.8 Å². The zero-order chi connectivity index (χ0) is 11.5. The molecule has 1 aromatic carbocycles. The molecular formula is C12H12N2O2. The number of hydrogen-bond acceptors (Lipinski definition) is 3. The molecule has 82 valence electrons. The van der Waals surface area contributed by atoms with Crippen molar-refractivity contribution in [2.24, 2.45) is 0 Å². The molecule has 1 fully saturated rings. The Kier molecular flexibility index (Phi) is 2.78. The third-order valence-corrected chi connectivity index (χ3v) is 2.83. The Morgan fingerprint density at radius 3 is 2.62 bits per heavy atom. The van der Waals surface area contributed by atoms with Gasteiger partial charge in [-0.3, -0.25) is 0 Å². The lowest BCUT2D eigenvalue weighted by molar-refractivity contribution is 0.0696. The van der Waals surface area contributed by atoms with Crippen LogP contribution < -0.4 is 4.90 Å². The van der Waals surface area contributed by atoms with Crippen molar-refractivity contribution in [2.75, 3.05) is 18.0 Å². The molecule has 0 bridgehead atoms. The molecule has 4 heteroatoms. The number of benzene rings is 1. The summed E-state index contributed by atoms with van der Waals surface area (Å²) in [5.74, 6) is -1.05. The number of aromatic carboxylic acids is 1. The second kappa shape index (κ2) is 4.23. The first-order valence-electron chi connectivity index (χ1n) is 5.25. The minimum atomic E-state index is -1.05. The van der Waals surface area contributed by atoms with Gasteiger partial charge in [0.15, 0.2) is 0 Å². The molecule has 16 heavy (non-hydrogen) atoms. The topological polar surface area (TPSA) is 64.3 Å². The van der Waals surface area contributed by atoms with Crippen LogP contribution in [0.2, 0.25) is 0 Å². The summed E-state index contributed by atoms with van der Waals surface area (Å²) < 4.78 is 0. The van der Waals surface area contributed by atoms with E-state index in [9.17, 15) is 4.79 Å². The second-order valence-electron chi connectivity index (χ2n) is 3.84. The smallest absolute Gasteiger partial charge is 0.337 e. The number of carboxylic acid groups (broad SMARTS) is 1. The Hall–Kier alpha value is -2.02. The van der Waals surface area contributed by atoms with E-state index in [0.29, 0.717) is 0 Å². The summed E-state index contributed by atoms with van der Waals surface area (Å²) in [6, 6.07) is 6.88. The summed E-state index contributed by atoms with van der Waals surface area (Å²) >= 11 is 0. The molecule has 1 aromatic rings. The summed E-state index contributed by atoms with van der Waals surface area (Å²) in [6.45, 7) is 1.97. The van der Waals surface area contributed by atoms with E-state index in [-0.39, 0.29) is 11.1 Å². The van der Waals surface area contributed by atoms with E-state index in [1.807, 2.05) is 6.07 Å². The number of rotatable bonds is 2. The molecule has 0 aromatic heterocycles. The Balaban J connectivity index is 2.37. The first-order valence-corrected chi connectivity index (χ1v) is 5.25. The first-order chi connectivity index (χ1) is 7.72. The number of anilines is 1. The average molecular weight is 216 g/mol. The van der Waals surface area contributed by atoms with Crippen LogP contribution in [0, 0.1) is 11.3 Å². The second-order valence-corrected chi connectivity index (χ2v) is 3.84. The molecule has 1 aliphatic rings. The van der Waals surface area contributed by atoms with E-state index in [1.165, 1.54) is 6.07 Å². The molecule has 1 aliphatic heterocycles. The fourth-order valence-corrected chi connectivity index (χ4v) is 1.98. The minimum absolute atomic E-state index is 0.0745. The van der Waals surface area contributed by atoms with Crippen molar-refractivity contribution in [3.05, 3.63) is 29.3 Å². The van der Waals surface area contributed by atoms with Gasteiger partial charge in [0.2, 0.25) is 0 Å². The van der Waals surface area contributed by atoms with E-state index >= 15 is 0 Å². The van der Waals surface area contributed by atoms with Crippen LogP contribution in [0.5, 0.6) is 0 Å². The van der Waals surface area contributed by atoms with Gasteiger partial charge in [-0.05, 0) is 31.0 Å². The quantitative estimate of drug-likeness (QED) is 0.819. The van der Waals surface area contributed by atoms with Gasteiger partial charge in [-0.1, -0.05) is 0 Å². The largest absolute Gasteiger partial charge is 0.478 e. The molecule has 1 saturated heterocycles. The maximum absolute atomic E-state index is 10.8. The van der Waals surface area contributed by atoms with Crippen molar-refractivity contribution < 1.29 is 9.90 Å². The normalized spacial score (nSPS) is 14.8. The maximum atomic E-state index is 10.8. The number of carboxylic acids is 1. The van der Waals surface area contributed by atoms with Gasteiger partial charge >= 0.3 is 5.97 Å². The Bertz CT molecular complexity index is 457. The third kappa shape index (κ3) is 1.84. The van der Waals surface area contributed by atoms with Gasteiger partial charge in [0.1, 0.15) is 6.07 Å². The summed E-state index contributed by atoms with van der Waals surface area (Å²) in [7, 11) is 0. The van der Waals surface area contributed by atoms with E-state index in [0.717, 1.165) is 31.6 Å². The summed E-state index contributed by atoms with van der Waals surface area (Å²) in [5, 5.41) is 17.8. The molecule has 0 aliphatic carbocycles. The van der Waals surface area contributed by atoms with Gasteiger partial charge in [-0.2, -0.15) is 5.26 Å². The van der Waals surface area contributed by atoms with Gasteiger partial charge in [-0.25, -0.2) is 4.79 Å². The molecule has 1 heterocycles. The summed E-state index contributed by atoms with van der Waals surface area (Å²) in [5.41, 5.74) is 1.25. The number of nitrogens with zero attached hydrogens (tertiary/aromatic N) is 2. The van der Waals surface area contributed by atoms with Crippen molar-refractivity contribution in [3.63, 3.8) is 0 Å². The van der Waals surface area contributed by atoms with Gasteiger partial charge in [0.05, 0.1) is 11.1 Å². The highest BCUT2D eigenvalue weighted by molar-refractivity contribution is 5.91. The molecule has 0 unspecified atom stereocenters. The Morgan fingerprint density at radius 1 is 1.38 bits per heavy atom. The van der Waals surface area contributed by atoms with Crippen LogP contribution in [0.4, 0.5) is 5.69 Å². The Labute approximate surface area is 93.7 Å². The average Bonchev–Trinajstić information content (AvgIpc) is 2.81. The molecule has 0 amide bonds.